The van der Waals surface area contributed by atoms with Gasteiger partial charge in [-0.15, -0.1) is 0 Å². The number of hydrogen-bond acceptors (Lipinski definition) is 6. The summed E-state index contributed by atoms with van der Waals surface area (Å²) in [5, 5.41) is 3.08. The fourth-order valence-corrected chi connectivity index (χ4v) is 3.50. The van der Waals surface area contributed by atoms with Crippen molar-refractivity contribution < 1.29 is 19.0 Å². The maximum Gasteiger partial charge on any atom is 0.240 e. The van der Waals surface area contributed by atoms with Crippen molar-refractivity contribution in [3.05, 3.63) is 29.8 Å². The zero-order chi connectivity index (χ0) is 18.4. The second-order valence-electron chi connectivity index (χ2n) is 6.92. The molecule has 144 valence electrons. The highest BCUT2D eigenvalue weighted by atomic mass is 16.5. The summed E-state index contributed by atoms with van der Waals surface area (Å²) >= 11 is 0. The van der Waals surface area contributed by atoms with E-state index in [1.807, 2.05) is 12.1 Å². The topological polar surface area (TPSA) is 86.0 Å². The van der Waals surface area contributed by atoms with Gasteiger partial charge >= 0.3 is 0 Å². The number of benzene rings is 1. The van der Waals surface area contributed by atoms with Crippen molar-refractivity contribution in [3.8, 4) is 5.75 Å². The highest BCUT2D eigenvalue weighted by Gasteiger charge is 2.36. The van der Waals surface area contributed by atoms with E-state index in [2.05, 4.69) is 22.3 Å². The summed E-state index contributed by atoms with van der Waals surface area (Å²) in [6, 6.07) is 8.09. The fourth-order valence-electron chi connectivity index (χ4n) is 3.50. The lowest BCUT2D eigenvalue weighted by atomic mass is 9.90. The Balaban J connectivity index is 1.69. The molecule has 1 atom stereocenters. The van der Waals surface area contributed by atoms with Gasteiger partial charge in [-0.3, -0.25) is 9.69 Å². The molecule has 7 heteroatoms. The predicted molar refractivity (Wildman–Crippen MR) is 98.1 cm³/mol. The average molecular weight is 363 g/mol. The number of hydrogen-bond donors (Lipinski definition) is 2. The molecule has 1 amide bonds. The maximum atomic E-state index is 12.7. The van der Waals surface area contributed by atoms with E-state index in [1.54, 1.807) is 7.11 Å². The average Bonchev–Trinajstić information content (AvgIpc) is 2.70. The Kier molecular flexibility index (Phi) is 6.48. The van der Waals surface area contributed by atoms with Crippen LogP contribution < -0.4 is 15.8 Å². The summed E-state index contributed by atoms with van der Waals surface area (Å²) in [4.78, 5) is 15.0. The molecule has 2 saturated heterocycles. The molecule has 2 fully saturated rings. The van der Waals surface area contributed by atoms with E-state index in [0.717, 1.165) is 24.4 Å². The van der Waals surface area contributed by atoms with Gasteiger partial charge < -0.3 is 25.3 Å². The van der Waals surface area contributed by atoms with E-state index in [9.17, 15) is 4.79 Å². The minimum Gasteiger partial charge on any atom is -0.497 e. The van der Waals surface area contributed by atoms with Crippen LogP contribution in [0.1, 0.15) is 24.4 Å². The number of morpholine rings is 1. The molecule has 1 aromatic carbocycles. The monoisotopic (exact) mass is 363 g/mol. The van der Waals surface area contributed by atoms with Crippen LogP contribution in [0.25, 0.3) is 0 Å². The van der Waals surface area contributed by atoms with Gasteiger partial charge in [-0.1, -0.05) is 12.1 Å². The Morgan fingerprint density at radius 3 is 2.42 bits per heavy atom. The molecule has 3 rings (SSSR count). The smallest absolute Gasteiger partial charge is 0.240 e. The third-order valence-corrected chi connectivity index (χ3v) is 5.28. The van der Waals surface area contributed by atoms with Crippen molar-refractivity contribution in [3.63, 3.8) is 0 Å². The fraction of sp³-hybridized carbons (Fsp3) is 0.632. The zero-order valence-corrected chi connectivity index (χ0v) is 15.4. The van der Waals surface area contributed by atoms with E-state index in [0.29, 0.717) is 45.8 Å². The van der Waals surface area contributed by atoms with Crippen LogP contribution in [-0.2, 0) is 14.3 Å². The van der Waals surface area contributed by atoms with Crippen molar-refractivity contribution in [2.75, 3.05) is 53.2 Å². The second-order valence-corrected chi connectivity index (χ2v) is 6.92. The first-order valence-electron chi connectivity index (χ1n) is 9.23. The van der Waals surface area contributed by atoms with Crippen molar-refractivity contribution >= 4 is 5.91 Å². The predicted octanol–water partition coefficient (Wildman–Crippen LogP) is 0.693. The van der Waals surface area contributed by atoms with E-state index < -0.39 is 5.54 Å². The van der Waals surface area contributed by atoms with Crippen molar-refractivity contribution in [2.45, 2.75) is 24.4 Å². The Morgan fingerprint density at radius 1 is 1.19 bits per heavy atom. The highest BCUT2D eigenvalue weighted by Crippen LogP contribution is 2.24. The molecule has 0 saturated carbocycles. The van der Waals surface area contributed by atoms with E-state index >= 15 is 0 Å². The molecule has 0 aromatic heterocycles. The maximum absolute atomic E-state index is 12.7. The molecule has 2 heterocycles. The number of carbonyl (C=O) groups is 1. The molecule has 0 radical (unpaired) electrons. The van der Waals surface area contributed by atoms with Gasteiger partial charge in [-0.05, 0) is 30.5 Å². The van der Waals surface area contributed by atoms with E-state index in [1.165, 1.54) is 0 Å². The first-order chi connectivity index (χ1) is 12.6. The Morgan fingerprint density at radius 2 is 1.81 bits per heavy atom. The molecule has 3 N–H and O–H groups in total. The largest absolute Gasteiger partial charge is 0.497 e. The Labute approximate surface area is 154 Å². The van der Waals surface area contributed by atoms with Gasteiger partial charge in [0.2, 0.25) is 5.91 Å². The number of amides is 1. The van der Waals surface area contributed by atoms with Gasteiger partial charge in [-0.25, -0.2) is 0 Å². The summed E-state index contributed by atoms with van der Waals surface area (Å²) < 4.78 is 16.1. The lowest BCUT2D eigenvalue weighted by Gasteiger charge is -2.36. The van der Waals surface area contributed by atoms with Gasteiger partial charge in [0.05, 0.1) is 31.9 Å². The van der Waals surface area contributed by atoms with Crippen molar-refractivity contribution in [1.29, 1.82) is 0 Å². The first-order valence-corrected chi connectivity index (χ1v) is 9.23. The number of rotatable bonds is 6. The van der Waals surface area contributed by atoms with Gasteiger partial charge in [0.25, 0.3) is 0 Å². The van der Waals surface area contributed by atoms with Gasteiger partial charge in [0.1, 0.15) is 5.75 Å². The van der Waals surface area contributed by atoms with Crippen LogP contribution in [0.5, 0.6) is 5.75 Å². The lowest BCUT2D eigenvalue weighted by molar-refractivity contribution is -0.130. The molecule has 26 heavy (non-hydrogen) atoms. The van der Waals surface area contributed by atoms with Crippen molar-refractivity contribution in [2.24, 2.45) is 5.73 Å². The summed E-state index contributed by atoms with van der Waals surface area (Å²) in [6.45, 7) is 4.69. The van der Waals surface area contributed by atoms with Crippen LogP contribution in [0.4, 0.5) is 0 Å². The van der Waals surface area contributed by atoms with E-state index in [-0.39, 0.29) is 11.9 Å². The third-order valence-electron chi connectivity index (χ3n) is 5.28. The summed E-state index contributed by atoms with van der Waals surface area (Å²) in [5.74, 6) is 0.731. The van der Waals surface area contributed by atoms with Crippen molar-refractivity contribution in [1.82, 2.24) is 10.2 Å². The molecule has 2 aliphatic rings. The summed E-state index contributed by atoms with van der Waals surface area (Å²) in [5.41, 5.74) is 6.62. The van der Waals surface area contributed by atoms with Crippen LogP contribution in [0.3, 0.4) is 0 Å². The quantitative estimate of drug-likeness (QED) is 0.774. The molecule has 0 spiro atoms. The summed E-state index contributed by atoms with van der Waals surface area (Å²) in [6.07, 6.45) is 1.12. The van der Waals surface area contributed by atoms with E-state index in [4.69, 9.17) is 19.9 Å². The number of carbonyl (C=O) groups excluding carboxylic acids is 1. The zero-order valence-electron chi connectivity index (χ0n) is 15.4. The number of ether oxygens (including phenoxy) is 3. The van der Waals surface area contributed by atoms with Crippen LogP contribution in [0.2, 0.25) is 0 Å². The minimum absolute atomic E-state index is 0.0807. The Bertz CT molecular complexity index is 581. The normalized spacial score (nSPS) is 21.8. The molecular weight excluding hydrogens is 334 g/mol. The number of nitrogens with one attached hydrogen (secondary N) is 1. The van der Waals surface area contributed by atoms with Crippen LogP contribution in [0.15, 0.2) is 24.3 Å². The van der Waals surface area contributed by atoms with Crippen LogP contribution in [-0.4, -0.2) is 69.5 Å². The summed E-state index contributed by atoms with van der Waals surface area (Å²) in [7, 11) is 1.66. The number of methoxy groups -OCH3 is 1. The number of nitrogens with zero attached hydrogens (tertiary/aromatic N) is 1. The van der Waals surface area contributed by atoms with Gasteiger partial charge in [-0.2, -0.15) is 0 Å². The van der Waals surface area contributed by atoms with Crippen LogP contribution >= 0.6 is 0 Å². The first kappa shape index (κ1) is 19.1. The number of nitrogens with two attached hydrogens (primary N) is 1. The van der Waals surface area contributed by atoms with Gasteiger partial charge in [0.15, 0.2) is 0 Å². The molecule has 7 nitrogen and oxygen atoms in total. The molecule has 0 bridgehead atoms. The minimum atomic E-state index is -0.826. The van der Waals surface area contributed by atoms with Gasteiger partial charge in [0, 0.05) is 32.8 Å². The van der Waals surface area contributed by atoms with Crippen LogP contribution in [0, 0.1) is 0 Å². The lowest BCUT2D eigenvalue weighted by Crippen LogP contribution is -2.58. The highest BCUT2D eigenvalue weighted by molar-refractivity contribution is 5.86. The second kappa shape index (κ2) is 8.81. The molecule has 2 aliphatic heterocycles. The molecular formula is C19H29N3O4. The molecule has 1 unspecified atom stereocenters. The third kappa shape index (κ3) is 4.54. The Hall–Kier alpha value is -1.67. The standard InChI is InChI=1S/C19H29N3O4/c1-24-16-4-2-15(3-5-16)17(22-8-12-26-13-9-22)14-21-18(23)19(20)6-10-25-11-7-19/h2-5,17H,6-14,20H2,1H3,(H,21,23). The molecule has 0 aliphatic carbocycles. The molecule has 1 aromatic rings. The SMILES string of the molecule is COc1ccc(C(CNC(=O)C2(N)CCOCC2)N2CCOCC2)cc1.